The number of hydrogen-bond donors (Lipinski definition) is 1. The lowest BCUT2D eigenvalue weighted by Crippen LogP contribution is -2.43. The van der Waals surface area contributed by atoms with Crippen molar-refractivity contribution in [1.82, 2.24) is 15.3 Å². The molecule has 2 rings (SSSR count). The van der Waals surface area contributed by atoms with Crippen molar-refractivity contribution >= 4 is 17.5 Å². The molecule has 1 fully saturated rings. The Bertz CT molecular complexity index is 421. The number of amides is 1. The van der Waals surface area contributed by atoms with Crippen molar-refractivity contribution < 1.29 is 4.79 Å². The second kappa shape index (κ2) is 5.65. The predicted octanol–water partition coefficient (Wildman–Crippen LogP) is 2.68. The molecule has 1 aliphatic carbocycles. The maximum atomic E-state index is 12.0. The molecule has 1 N–H and O–H groups in total. The molecule has 1 aromatic heterocycles. The molecule has 18 heavy (non-hydrogen) atoms. The zero-order valence-corrected chi connectivity index (χ0v) is 11.4. The molecule has 3 atom stereocenters. The molecule has 0 bridgehead atoms. The van der Waals surface area contributed by atoms with Crippen molar-refractivity contribution in [2.75, 3.05) is 0 Å². The fraction of sp³-hybridized carbons (Fsp3) is 0.615. The molecule has 0 spiro atoms. The molecule has 0 aromatic carbocycles. The average molecular weight is 268 g/mol. The Morgan fingerprint density at radius 2 is 2.11 bits per heavy atom. The first-order valence-electron chi connectivity index (χ1n) is 6.36. The molecule has 1 aliphatic rings. The maximum absolute atomic E-state index is 12.0. The van der Waals surface area contributed by atoms with Gasteiger partial charge >= 0.3 is 0 Å². The van der Waals surface area contributed by atoms with E-state index in [0.717, 1.165) is 6.42 Å². The molecular formula is C13H18ClN3O. The second-order valence-electron chi connectivity index (χ2n) is 5.07. The van der Waals surface area contributed by atoms with Crippen LogP contribution in [0.2, 0.25) is 5.15 Å². The van der Waals surface area contributed by atoms with Crippen molar-refractivity contribution in [3.05, 3.63) is 23.2 Å². The predicted molar refractivity (Wildman–Crippen MR) is 70.5 cm³/mol. The van der Waals surface area contributed by atoms with Crippen molar-refractivity contribution in [3.8, 4) is 0 Å². The van der Waals surface area contributed by atoms with Crippen LogP contribution in [0.4, 0.5) is 0 Å². The smallest absolute Gasteiger partial charge is 0.271 e. The number of nitrogens with zero attached hydrogens (tertiary/aromatic N) is 2. The van der Waals surface area contributed by atoms with Crippen LogP contribution in [-0.4, -0.2) is 21.9 Å². The van der Waals surface area contributed by atoms with Gasteiger partial charge in [-0.2, -0.15) is 0 Å². The van der Waals surface area contributed by atoms with Crippen molar-refractivity contribution in [2.24, 2.45) is 11.8 Å². The monoisotopic (exact) mass is 267 g/mol. The summed E-state index contributed by atoms with van der Waals surface area (Å²) in [5, 5.41) is 3.35. The highest BCUT2D eigenvalue weighted by Crippen LogP contribution is 2.29. The summed E-state index contributed by atoms with van der Waals surface area (Å²) in [5.41, 5.74) is 0.324. The zero-order chi connectivity index (χ0) is 13.1. The third kappa shape index (κ3) is 2.99. The van der Waals surface area contributed by atoms with Gasteiger partial charge in [-0.25, -0.2) is 9.97 Å². The van der Waals surface area contributed by atoms with Gasteiger partial charge in [0.15, 0.2) is 0 Å². The van der Waals surface area contributed by atoms with E-state index in [2.05, 4.69) is 29.1 Å². The Balaban J connectivity index is 2.00. The lowest BCUT2D eigenvalue weighted by Gasteiger charge is -2.34. The largest absolute Gasteiger partial charge is 0.348 e. The molecule has 1 amide bonds. The fourth-order valence-corrected chi connectivity index (χ4v) is 2.56. The van der Waals surface area contributed by atoms with E-state index in [-0.39, 0.29) is 11.9 Å². The van der Waals surface area contributed by atoms with Crippen LogP contribution >= 0.6 is 11.6 Å². The van der Waals surface area contributed by atoms with Crippen LogP contribution < -0.4 is 5.32 Å². The first kappa shape index (κ1) is 13.3. The SMILES string of the molecule is CC1CCCC(NC(=O)c2cnc(Cl)cn2)C1C. The lowest BCUT2D eigenvalue weighted by atomic mass is 9.78. The Hall–Kier alpha value is -1.16. The van der Waals surface area contributed by atoms with Gasteiger partial charge in [-0.05, 0) is 18.3 Å². The van der Waals surface area contributed by atoms with E-state index in [9.17, 15) is 4.79 Å². The molecule has 1 aromatic rings. The van der Waals surface area contributed by atoms with Gasteiger partial charge in [0.2, 0.25) is 0 Å². The summed E-state index contributed by atoms with van der Waals surface area (Å²) in [4.78, 5) is 19.9. The van der Waals surface area contributed by atoms with E-state index < -0.39 is 0 Å². The van der Waals surface area contributed by atoms with Gasteiger partial charge in [-0.1, -0.05) is 38.3 Å². The van der Waals surface area contributed by atoms with Crippen molar-refractivity contribution in [3.63, 3.8) is 0 Å². The topological polar surface area (TPSA) is 54.9 Å². The molecule has 4 nitrogen and oxygen atoms in total. The first-order chi connectivity index (χ1) is 8.58. The van der Waals surface area contributed by atoms with E-state index in [0.29, 0.717) is 22.7 Å². The third-order valence-electron chi connectivity index (χ3n) is 3.88. The molecule has 5 heteroatoms. The molecule has 0 aliphatic heterocycles. The lowest BCUT2D eigenvalue weighted by molar-refractivity contribution is 0.0885. The summed E-state index contributed by atoms with van der Waals surface area (Å²) in [6.45, 7) is 4.44. The summed E-state index contributed by atoms with van der Waals surface area (Å²) < 4.78 is 0. The summed E-state index contributed by atoms with van der Waals surface area (Å²) in [6.07, 6.45) is 6.26. The summed E-state index contributed by atoms with van der Waals surface area (Å²) in [7, 11) is 0. The van der Waals surface area contributed by atoms with Crippen molar-refractivity contribution in [1.29, 1.82) is 0 Å². The minimum atomic E-state index is -0.162. The van der Waals surface area contributed by atoms with Crippen LogP contribution in [0.15, 0.2) is 12.4 Å². The second-order valence-corrected chi connectivity index (χ2v) is 5.46. The molecule has 98 valence electrons. The number of rotatable bonds is 2. The van der Waals surface area contributed by atoms with Gasteiger partial charge in [0.25, 0.3) is 5.91 Å². The fourth-order valence-electron chi connectivity index (χ4n) is 2.46. The normalized spacial score (nSPS) is 27.8. The third-order valence-corrected chi connectivity index (χ3v) is 4.07. The highest BCUT2D eigenvalue weighted by molar-refractivity contribution is 6.29. The quantitative estimate of drug-likeness (QED) is 0.896. The minimum Gasteiger partial charge on any atom is -0.348 e. The number of carbonyl (C=O) groups is 1. The Labute approximate surface area is 112 Å². The zero-order valence-electron chi connectivity index (χ0n) is 10.7. The van der Waals surface area contributed by atoms with Gasteiger partial charge in [-0.15, -0.1) is 0 Å². The van der Waals surface area contributed by atoms with E-state index in [1.807, 2.05) is 0 Å². The standard InChI is InChI=1S/C13H18ClN3O/c1-8-4-3-5-10(9(8)2)17-13(18)11-6-16-12(14)7-15-11/h6-10H,3-5H2,1-2H3,(H,17,18). The van der Waals surface area contributed by atoms with Gasteiger partial charge < -0.3 is 5.32 Å². The molecular weight excluding hydrogens is 250 g/mol. The van der Waals surface area contributed by atoms with Crippen LogP contribution in [0.5, 0.6) is 0 Å². The van der Waals surface area contributed by atoms with Crippen LogP contribution in [0, 0.1) is 11.8 Å². The van der Waals surface area contributed by atoms with Crippen LogP contribution in [0.25, 0.3) is 0 Å². The van der Waals surface area contributed by atoms with Crippen LogP contribution in [0.1, 0.15) is 43.6 Å². The Kier molecular flexibility index (Phi) is 4.17. The van der Waals surface area contributed by atoms with Crippen LogP contribution in [0.3, 0.4) is 0 Å². The van der Waals surface area contributed by atoms with E-state index in [1.165, 1.54) is 25.2 Å². The Morgan fingerprint density at radius 1 is 1.33 bits per heavy atom. The van der Waals surface area contributed by atoms with Gasteiger partial charge in [0.1, 0.15) is 10.8 Å². The van der Waals surface area contributed by atoms with Gasteiger partial charge in [-0.3, -0.25) is 4.79 Å². The average Bonchev–Trinajstić information content (AvgIpc) is 2.36. The number of carbonyl (C=O) groups excluding carboxylic acids is 1. The summed E-state index contributed by atoms with van der Waals surface area (Å²) in [6, 6.07) is 0.235. The van der Waals surface area contributed by atoms with Gasteiger partial charge in [0.05, 0.1) is 12.4 Å². The van der Waals surface area contributed by atoms with Crippen LogP contribution in [-0.2, 0) is 0 Å². The summed E-state index contributed by atoms with van der Waals surface area (Å²) >= 11 is 5.65. The number of halogens is 1. The minimum absolute atomic E-state index is 0.162. The molecule has 0 saturated heterocycles. The van der Waals surface area contributed by atoms with E-state index in [4.69, 9.17) is 11.6 Å². The first-order valence-corrected chi connectivity index (χ1v) is 6.74. The van der Waals surface area contributed by atoms with E-state index >= 15 is 0 Å². The molecule has 1 saturated carbocycles. The molecule has 1 heterocycles. The summed E-state index contributed by atoms with van der Waals surface area (Å²) in [5.74, 6) is 0.994. The maximum Gasteiger partial charge on any atom is 0.271 e. The Morgan fingerprint density at radius 3 is 2.78 bits per heavy atom. The highest BCUT2D eigenvalue weighted by atomic mass is 35.5. The number of nitrogens with one attached hydrogen (secondary N) is 1. The van der Waals surface area contributed by atoms with Gasteiger partial charge in [0, 0.05) is 6.04 Å². The number of aromatic nitrogens is 2. The van der Waals surface area contributed by atoms with E-state index in [1.54, 1.807) is 0 Å². The molecule has 3 unspecified atom stereocenters. The van der Waals surface area contributed by atoms with Crippen molar-refractivity contribution in [2.45, 2.75) is 39.2 Å². The number of hydrogen-bond acceptors (Lipinski definition) is 3. The molecule has 0 radical (unpaired) electrons. The highest BCUT2D eigenvalue weighted by Gasteiger charge is 2.28.